The summed E-state index contributed by atoms with van der Waals surface area (Å²) in [6.07, 6.45) is 8.37. The van der Waals surface area contributed by atoms with Crippen LogP contribution in [0.5, 0.6) is 0 Å². The molecular weight excluding hydrogens is 300 g/mol. The van der Waals surface area contributed by atoms with Crippen molar-refractivity contribution in [2.24, 2.45) is 0 Å². The Bertz CT molecular complexity index is 665. The lowest BCUT2D eigenvalue weighted by atomic mass is 9.94. The average molecular weight is 330 g/mol. The van der Waals surface area contributed by atoms with E-state index >= 15 is 0 Å². The van der Waals surface area contributed by atoms with Crippen molar-refractivity contribution in [1.82, 2.24) is 19.4 Å². The van der Waals surface area contributed by atoms with Crippen molar-refractivity contribution in [3.05, 3.63) is 36.1 Å². The first-order valence-corrected chi connectivity index (χ1v) is 9.05. The predicted octanol–water partition coefficient (Wildman–Crippen LogP) is 3.96. The van der Waals surface area contributed by atoms with Crippen LogP contribution in [-0.2, 0) is 18.5 Å². The van der Waals surface area contributed by atoms with Crippen LogP contribution in [0.15, 0.2) is 23.0 Å². The van der Waals surface area contributed by atoms with Gasteiger partial charge in [-0.3, -0.25) is 4.90 Å². The summed E-state index contributed by atoms with van der Waals surface area (Å²) >= 11 is 0. The molecule has 1 aliphatic rings. The number of nitrogens with zero attached hydrogens (tertiary/aromatic N) is 4. The van der Waals surface area contributed by atoms with Crippen molar-refractivity contribution in [2.75, 3.05) is 6.54 Å². The number of likely N-dealkylation sites (tertiary alicyclic amines) is 1. The third-order valence-electron chi connectivity index (χ3n) is 4.80. The summed E-state index contributed by atoms with van der Waals surface area (Å²) in [7, 11) is 0. The molecule has 0 aromatic carbocycles. The molecule has 3 rings (SSSR count). The normalized spacial score (nSPS) is 19.5. The van der Waals surface area contributed by atoms with Gasteiger partial charge in [-0.2, -0.15) is 0 Å². The summed E-state index contributed by atoms with van der Waals surface area (Å²) in [5.41, 5.74) is 0.0125. The van der Waals surface area contributed by atoms with Crippen LogP contribution in [0.25, 0.3) is 0 Å². The van der Waals surface area contributed by atoms with E-state index in [-0.39, 0.29) is 5.41 Å². The van der Waals surface area contributed by atoms with E-state index < -0.39 is 0 Å². The Morgan fingerprint density at radius 1 is 1.29 bits per heavy atom. The third-order valence-corrected chi connectivity index (χ3v) is 4.80. The molecular formula is C19H30N4O. The zero-order valence-electron chi connectivity index (χ0n) is 15.6. The van der Waals surface area contributed by atoms with E-state index in [0.29, 0.717) is 12.0 Å². The number of rotatable bonds is 5. The fourth-order valence-corrected chi connectivity index (χ4v) is 3.42. The first kappa shape index (κ1) is 17.2. The number of imidazole rings is 1. The van der Waals surface area contributed by atoms with Gasteiger partial charge in [0.25, 0.3) is 0 Å². The highest BCUT2D eigenvalue weighted by Gasteiger charge is 2.28. The fourth-order valence-electron chi connectivity index (χ4n) is 3.42. The maximum absolute atomic E-state index is 5.98. The second kappa shape index (κ2) is 6.71. The van der Waals surface area contributed by atoms with E-state index in [0.717, 1.165) is 31.3 Å². The molecule has 5 heteroatoms. The van der Waals surface area contributed by atoms with Gasteiger partial charge < -0.3 is 8.98 Å². The minimum Gasteiger partial charge on any atom is -0.444 e. The van der Waals surface area contributed by atoms with Crippen molar-refractivity contribution >= 4 is 0 Å². The number of oxazole rings is 1. The van der Waals surface area contributed by atoms with Gasteiger partial charge in [0.2, 0.25) is 5.89 Å². The number of hydrogen-bond donors (Lipinski definition) is 0. The SMILES string of the molecule is CC(C)c1nccn1C[C@@H]1CCCN1Cc1ncc(C(C)(C)C)o1. The van der Waals surface area contributed by atoms with Crippen LogP contribution in [0.1, 0.15) is 70.9 Å². The van der Waals surface area contributed by atoms with E-state index in [1.54, 1.807) is 0 Å². The second-order valence-corrected chi connectivity index (χ2v) is 8.23. The van der Waals surface area contributed by atoms with Crippen LogP contribution in [0.3, 0.4) is 0 Å². The van der Waals surface area contributed by atoms with Crippen LogP contribution in [0.2, 0.25) is 0 Å². The molecule has 0 radical (unpaired) electrons. The lowest BCUT2D eigenvalue weighted by molar-refractivity contribution is 0.199. The highest BCUT2D eigenvalue weighted by atomic mass is 16.4. The molecule has 3 heterocycles. The average Bonchev–Trinajstić information content (AvgIpc) is 3.20. The zero-order valence-corrected chi connectivity index (χ0v) is 15.6. The van der Waals surface area contributed by atoms with Crippen LogP contribution in [0, 0.1) is 0 Å². The van der Waals surface area contributed by atoms with E-state index in [1.807, 2.05) is 12.4 Å². The van der Waals surface area contributed by atoms with E-state index in [1.165, 1.54) is 18.7 Å². The molecule has 1 aliphatic heterocycles. The first-order chi connectivity index (χ1) is 11.3. The maximum atomic E-state index is 5.98. The second-order valence-electron chi connectivity index (χ2n) is 8.23. The number of hydrogen-bond acceptors (Lipinski definition) is 4. The Morgan fingerprint density at radius 2 is 2.08 bits per heavy atom. The Labute approximate surface area is 145 Å². The van der Waals surface area contributed by atoms with Gasteiger partial charge in [-0.05, 0) is 19.4 Å². The van der Waals surface area contributed by atoms with Crippen molar-refractivity contribution in [3.8, 4) is 0 Å². The van der Waals surface area contributed by atoms with Gasteiger partial charge in [0.05, 0.1) is 12.7 Å². The molecule has 24 heavy (non-hydrogen) atoms. The van der Waals surface area contributed by atoms with E-state index in [2.05, 4.69) is 60.3 Å². The topological polar surface area (TPSA) is 47.1 Å². The molecule has 1 saturated heterocycles. The molecule has 2 aromatic heterocycles. The highest BCUT2D eigenvalue weighted by molar-refractivity contribution is 5.06. The van der Waals surface area contributed by atoms with Crippen molar-refractivity contribution in [1.29, 1.82) is 0 Å². The molecule has 2 aromatic rings. The van der Waals surface area contributed by atoms with Crippen LogP contribution in [0.4, 0.5) is 0 Å². The van der Waals surface area contributed by atoms with Gasteiger partial charge in [0.1, 0.15) is 11.6 Å². The molecule has 0 spiro atoms. The van der Waals surface area contributed by atoms with Crippen LogP contribution in [-0.4, -0.2) is 32.0 Å². The minimum atomic E-state index is 0.0125. The molecule has 0 unspecified atom stereocenters. The third kappa shape index (κ3) is 3.72. The summed E-state index contributed by atoms with van der Waals surface area (Å²) in [5, 5.41) is 0. The lowest BCUT2D eigenvalue weighted by Gasteiger charge is -2.24. The fraction of sp³-hybridized carbons (Fsp3) is 0.684. The monoisotopic (exact) mass is 330 g/mol. The Balaban J connectivity index is 1.67. The minimum absolute atomic E-state index is 0.0125. The molecule has 1 fully saturated rings. The smallest absolute Gasteiger partial charge is 0.208 e. The largest absolute Gasteiger partial charge is 0.444 e. The van der Waals surface area contributed by atoms with E-state index in [9.17, 15) is 0 Å². The van der Waals surface area contributed by atoms with Gasteiger partial charge in [-0.15, -0.1) is 0 Å². The molecule has 0 N–H and O–H groups in total. The predicted molar refractivity (Wildman–Crippen MR) is 95.0 cm³/mol. The van der Waals surface area contributed by atoms with Gasteiger partial charge in [0, 0.05) is 36.3 Å². The summed E-state index contributed by atoms with van der Waals surface area (Å²) in [6.45, 7) is 13.8. The molecule has 132 valence electrons. The van der Waals surface area contributed by atoms with Crippen LogP contribution >= 0.6 is 0 Å². The Morgan fingerprint density at radius 3 is 2.75 bits per heavy atom. The Kier molecular flexibility index (Phi) is 4.81. The standard InChI is InChI=1S/C19H30N4O/c1-14(2)18-20-8-10-23(18)12-15-7-6-9-22(15)13-17-21-11-16(24-17)19(3,4)5/h8,10-11,14-15H,6-7,9,12-13H2,1-5H3/t15-/m0/s1. The van der Waals surface area contributed by atoms with Crippen LogP contribution < -0.4 is 0 Å². The van der Waals surface area contributed by atoms with Gasteiger partial charge in [-0.25, -0.2) is 9.97 Å². The summed E-state index contributed by atoms with van der Waals surface area (Å²) in [6, 6.07) is 0.529. The van der Waals surface area contributed by atoms with Crippen molar-refractivity contribution in [3.63, 3.8) is 0 Å². The van der Waals surface area contributed by atoms with Gasteiger partial charge in [-0.1, -0.05) is 34.6 Å². The molecule has 5 nitrogen and oxygen atoms in total. The molecule has 0 amide bonds. The van der Waals surface area contributed by atoms with Gasteiger partial charge in [0.15, 0.2) is 0 Å². The molecule has 0 bridgehead atoms. The van der Waals surface area contributed by atoms with E-state index in [4.69, 9.17) is 4.42 Å². The summed E-state index contributed by atoms with van der Waals surface area (Å²) in [5.74, 6) is 3.43. The lowest BCUT2D eigenvalue weighted by Crippen LogP contribution is -2.33. The number of aromatic nitrogens is 3. The molecule has 0 saturated carbocycles. The summed E-state index contributed by atoms with van der Waals surface area (Å²) < 4.78 is 8.29. The summed E-state index contributed by atoms with van der Waals surface area (Å²) in [4.78, 5) is 11.5. The Hall–Kier alpha value is -1.62. The zero-order chi connectivity index (χ0) is 17.3. The van der Waals surface area contributed by atoms with Gasteiger partial charge >= 0.3 is 0 Å². The molecule has 0 aliphatic carbocycles. The quantitative estimate of drug-likeness (QED) is 0.832. The maximum Gasteiger partial charge on any atom is 0.208 e. The molecule has 1 atom stereocenters. The highest BCUT2D eigenvalue weighted by Crippen LogP contribution is 2.26. The van der Waals surface area contributed by atoms with Crippen molar-refractivity contribution in [2.45, 2.75) is 77.9 Å². The van der Waals surface area contributed by atoms with Crippen molar-refractivity contribution < 1.29 is 4.42 Å². The first-order valence-electron chi connectivity index (χ1n) is 9.05.